The topological polar surface area (TPSA) is 66.8 Å². The molecule has 152 valence electrons. The van der Waals surface area contributed by atoms with E-state index in [2.05, 4.69) is 0 Å². The molecule has 0 fully saturated rings. The van der Waals surface area contributed by atoms with Crippen molar-refractivity contribution in [2.24, 2.45) is 0 Å². The number of aryl methyl sites for hydroxylation is 1. The Morgan fingerprint density at radius 1 is 1.14 bits per heavy atom. The van der Waals surface area contributed by atoms with Gasteiger partial charge in [-0.05, 0) is 70.4 Å². The minimum atomic E-state index is -0.469. The fraction of sp³-hybridized carbons (Fsp3) is 0.320. The molecule has 2 aromatic rings. The van der Waals surface area contributed by atoms with Crippen LogP contribution in [0.3, 0.4) is 0 Å². The van der Waals surface area contributed by atoms with Crippen molar-refractivity contribution in [2.75, 3.05) is 0 Å². The molecule has 4 nitrogen and oxygen atoms in total. The van der Waals surface area contributed by atoms with Crippen LogP contribution >= 0.6 is 0 Å². The molecule has 3 rings (SSSR count). The quantitative estimate of drug-likeness (QED) is 0.496. The number of hydrogen-bond donors (Lipinski definition) is 2. The Bertz CT molecular complexity index is 975. The SMILES string of the molecule is CC(C)=CCc1c(O)c(C(=O)CCc2ccc(O)cc2)cc2c1OC(C)(C)C=C2. The van der Waals surface area contributed by atoms with Crippen LogP contribution in [-0.2, 0) is 12.8 Å². The Hall–Kier alpha value is -3.01. The van der Waals surface area contributed by atoms with Crippen LogP contribution in [0.1, 0.15) is 61.2 Å². The van der Waals surface area contributed by atoms with Crippen LogP contribution in [0.5, 0.6) is 17.2 Å². The largest absolute Gasteiger partial charge is 0.508 e. The maximum Gasteiger partial charge on any atom is 0.166 e. The van der Waals surface area contributed by atoms with Gasteiger partial charge in [-0.25, -0.2) is 0 Å². The molecule has 1 heterocycles. The molecule has 2 N–H and O–H groups in total. The van der Waals surface area contributed by atoms with Gasteiger partial charge in [-0.15, -0.1) is 0 Å². The molecule has 0 unspecified atom stereocenters. The highest BCUT2D eigenvalue weighted by atomic mass is 16.5. The second-order valence-electron chi connectivity index (χ2n) is 8.28. The average Bonchev–Trinajstić information content (AvgIpc) is 2.65. The molecule has 4 heteroatoms. The van der Waals surface area contributed by atoms with E-state index in [1.54, 1.807) is 30.3 Å². The molecule has 1 aliphatic heterocycles. The van der Waals surface area contributed by atoms with Gasteiger partial charge in [0.25, 0.3) is 0 Å². The van der Waals surface area contributed by atoms with Crippen LogP contribution in [0.4, 0.5) is 0 Å². The summed E-state index contributed by atoms with van der Waals surface area (Å²) < 4.78 is 6.13. The van der Waals surface area contributed by atoms with E-state index in [4.69, 9.17) is 4.74 Å². The van der Waals surface area contributed by atoms with Crippen LogP contribution in [0, 0.1) is 0 Å². The van der Waals surface area contributed by atoms with Gasteiger partial charge in [-0.2, -0.15) is 0 Å². The lowest BCUT2D eigenvalue weighted by molar-refractivity contribution is 0.0979. The van der Waals surface area contributed by atoms with E-state index in [9.17, 15) is 15.0 Å². The normalized spacial score (nSPS) is 14.1. The summed E-state index contributed by atoms with van der Waals surface area (Å²) in [6, 6.07) is 8.54. The second kappa shape index (κ2) is 8.16. The number of aromatic hydroxyl groups is 2. The van der Waals surface area contributed by atoms with Crippen molar-refractivity contribution in [1.29, 1.82) is 0 Å². The number of ketones is 1. The van der Waals surface area contributed by atoms with Gasteiger partial charge in [0.05, 0.1) is 5.56 Å². The van der Waals surface area contributed by atoms with Gasteiger partial charge in [0.15, 0.2) is 5.78 Å². The highest BCUT2D eigenvalue weighted by molar-refractivity contribution is 6.00. The Balaban J connectivity index is 1.94. The summed E-state index contributed by atoms with van der Waals surface area (Å²) in [5.74, 6) is 0.728. The number of hydrogen-bond acceptors (Lipinski definition) is 4. The molecular formula is C25H28O4. The van der Waals surface area contributed by atoms with E-state index >= 15 is 0 Å². The number of Topliss-reactive ketones (excluding diaryl/α,β-unsaturated/α-hetero) is 1. The highest BCUT2D eigenvalue weighted by Gasteiger charge is 2.28. The van der Waals surface area contributed by atoms with Gasteiger partial charge < -0.3 is 14.9 Å². The van der Waals surface area contributed by atoms with Crippen LogP contribution < -0.4 is 4.74 Å². The number of rotatable bonds is 6. The van der Waals surface area contributed by atoms with Gasteiger partial charge in [0.2, 0.25) is 0 Å². The van der Waals surface area contributed by atoms with E-state index in [-0.39, 0.29) is 23.7 Å². The molecule has 0 radical (unpaired) electrons. The third-order valence-electron chi connectivity index (χ3n) is 5.00. The monoisotopic (exact) mass is 392 g/mol. The first kappa shape index (κ1) is 20.7. The predicted molar refractivity (Wildman–Crippen MR) is 116 cm³/mol. The van der Waals surface area contributed by atoms with Crippen molar-refractivity contribution < 1.29 is 19.7 Å². The third-order valence-corrected chi connectivity index (χ3v) is 5.00. The number of carbonyl (C=O) groups is 1. The lowest BCUT2D eigenvalue weighted by Gasteiger charge is -2.30. The average molecular weight is 392 g/mol. The van der Waals surface area contributed by atoms with Crippen molar-refractivity contribution in [2.45, 2.75) is 52.6 Å². The smallest absolute Gasteiger partial charge is 0.166 e. The Morgan fingerprint density at radius 2 is 1.83 bits per heavy atom. The summed E-state index contributed by atoms with van der Waals surface area (Å²) in [4.78, 5) is 12.9. The zero-order chi connectivity index (χ0) is 21.2. The van der Waals surface area contributed by atoms with Gasteiger partial charge >= 0.3 is 0 Å². The Labute approximate surface area is 172 Å². The van der Waals surface area contributed by atoms with Gasteiger partial charge in [-0.3, -0.25) is 4.79 Å². The zero-order valence-corrected chi connectivity index (χ0v) is 17.5. The number of allylic oxidation sites excluding steroid dienone is 2. The van der Waals surface area contributed by atoms with Crippen LogP contribution in [0.25, 0.3) is 6.08 Å². The molecule has 1 aliphatic rings. The molecule has 0 bridgehead atoms. The van der Waals surface area contributed by atoms with Crippen molar-refractivity contribution in [3.8, 4) is 17.2 Å². The summed E-state index contributed by atoms with van der Waals surface area (Å²) >= 11 is 0. The minimum absolute atomic E-state index is 0.00283. The molecule has 2 aromatic carbocycles. The number of ether oxygens (including phenoxy) is 1. The zero-order valence-electron chi connectivity index (χ0n) is 17.5. The van der Waals surface area contributed by atoms with E-state index in [1.807, 2.05) is 45.9 Å². The summed E-state index contributed by atoms with van der Waals surface area (Å²) in [7, 11) is 0. The van der Waals surface area contributed by atoms with E-state index < -0.39 is 5.60 Å². The summed E-state index contributed by atoms with van der Waals surface area (Å²) in [6.45, 7) is 7.93. The molecule has 0 aromatic heterocycles. The summed E-state index contributed by atoms with van der Waals surface area (Å²) in [5, 5.41) is 20.3. The van der Waals surface area contributed by atoms with E-state index in [0.717, 1.165) is 16.7 Å². The molecule has 0 spiro atoms. The first-order chi connectivity index (χ1) is 13.7. The molecule has 0 amide bonds. The lowest BCUT2D eigenvalue weighted by Crippen LogP contribution is -2.28. The van der Waals surface area contributed by atoms with Crippen LogP contribution in [0.15, 0.2) is 48.1 Å². The summed E-state index contributed by atoms with van der Waals surface area (Å²) in [6.07, 6.45) is 7.25. The Kier molecular flexibility index (Phi) is 5.83. The number of carbonyl (C=O) groups excluding carboxylic acids is 1. The van der Waals surface area contributed by atoms with Crippen LogP contribution in [-0.4, -0.2) is 21.6 Å². The third kappa shape index (κ3) is 4.89. The minimum Gasteiger partial charge on any atom is -0.508 e. The van der Waals surface area contributed by atoms with Crippen LogP contribution in [0.2, 0.25) is 0 Å². The maximum atomic E-state index is 12.9. The first-order valence-electron chi connectivity index (χ1n) is 9.88. The number of benzene rings is 2. The van der Waals surface area contributed by atoms with Crippen molar-refractivity contribution in [3.63, 3.8) is 0 Å². The number of phenolic OH excluding ortho intramolecular Hbond substituents is 2. The Morgan fingerprint density at radius 3 is 2.48 bits per heavy atom. The standard InChI is InChI=1S/C25H28O4/c1-16(2)5-11-20-23(28)21(15-18-13-14-25(3,4)29-24(18)20)22(27)12-8-17-6-9-19(26)10-7-17/h5-7,9-10,13-15,26,28H,8,11-12H2,1-4H3. The van der Waals surface area contributed by atoms with Gasteiger partial charge in [0.1, 0.15) is 22.8 Å². The molecule has 0 saturated carbocycles. The van der Waals surface area contributed by atoms with Crippen molar-refractivity contribution in [3.05, 3.63) is 70.3 Å². The molecule has 0 saturated heterocycles. The molecule has 0 atom stereocenters. The summed E-state index contributed by atoms with van der Waals surface area (Å²) in [5.41, 5.74) is 3.41. The van der Waals surface area contributed by atoms with Gasteiger partial charge in [-0.1, -0.05) is 29.9 Å². The molecule has 0 aliphatic carbocycles. The molecular weight excluding hydrogens is 364 g/mol. The van der Waals surface area contributed by atoms with Gasteiger partial charge in [0, 0.05) is 17.5 Å². The van der Waals surface area contributed by atoms with E-state index in [1.165, 1.54) is 0 Å². The second-order valence-corrected chi connectivity index (χ2v) is 8.28. The van der Waals surface area contributed by atoms with Crippen molar-refractivity contribution >= 4 is 11.9 Å². The number of fused-ring (bicyclic) bond motifs is 1. The number of phenols is 2. The predicted octanol–water partition coefficient (Wildman–Crippen LogP) is 5.61. The first-order valence-corrected chi connectivity index (χ1v) is 9.88. The highest BCUT2D eigenvalue weighted by Crippen LogP contribution is 2.41. The molecule has 29 heavy (non-hydrogen) atoms. The van der Waals surface area contributed by atoms with Crippen molar-refractivity contribution in [1.82, 2.24) is 0 Å². The fourth-order valence-electron chi connectivity index (χ4n) is 3.33. The lowest BCUT2D eigenvalue weighted by atomic mass is 9.92. The van der Waals surface area contributed by atoms with E-state index in [0.29, 0.717) is 29.7 Å². The fourth-order valence-corrected chi connectivity index (χ4v) is 3.33. The maximum absolute atomic E-state index is 12.9.